The molecule has 0 amide bonds. The number of sulfonamides is 1. The van der Waals surface area contributed by atoms with Crippen molar-refractivity contribution in [3.8, 4) is 0 Å². The van der Waals surface area contributed by atoms with Gasteiger partial charge in [-0.15, -0.1) is 10.2 Å². The minimum Gasteiger partial charge on any atom is -0.345 e. The van der Waals surface area contributed by atoms with Crippen LogP contribution in [0.4, 0.5) is 0 Å². The van der Waals surface area contributed by atoms with Crippen molar-refractivity contribution >= 4 is 52.6 Å². The molecule has 202 valence electrons. The molecular formula is C25H24BrN7O4S2. The lowest BCUT2D eigenvalue weighted by Crippen LogP contribution is -2.57. The maximum Gasteiger partial charge on any atom is 0.258 e. The summed E-state index contributed by atoms with van der Waals surface area (Å²) in [7, 11) is -7.87. The molecule has 0 saturated heterocycles. The Labute approximate surface area is 233 Å². The van der Waals surface area contributed by atoms with Crippen molar-refractivity contribution in [3.05, 3.63) is 70.7 Å². The molecule has 2 atom stereocenters. The first kappa shape index (κ1) is 26.0. The Balaban J connectivity index is 1.41. The Morgan fingerprint density at radius 3 is 2.54 bits per heavy atom. The number of rotatable bonds is 6. The summed E-state index contributed by atoms with van der Waals surface area (Å²) in [6.07, 6.45) is 3.56. The van der Waals surface area contributed by atoms with Crippen molar-refractivity contribution in [2.24, 2.45) is 5.41 Å². The highest BCUT2D eigenvalue weighted by molar-refractivity contribution is 9.10. The Bertz CT molecular complexity index is 1970. The molecule has 0 bridgehead atoms. The van der Waals surface area contributed by atoms with Gasteiger partial charge in [0.2, 0.25) is 14.9 Å². The van der Waals surface area contributed by atoms with E-state index in [2.05, 4.69) is 45.8 Å². The number of hydrogen-bond acceptors (Lipinski definition) is 8. The molecule has 5 aromatic rings. The van der Waals surface area contributed by atoms with Gasteiger partial charge in [0.05, 0.1) is 10.4 Å². The first-order valence-electron chi connectivity index (χ1n) is 12.1. The van der Waals surface area contributed by atoms with Crippen molar-refractivity contribution in [3.63, 3.8) is 0 Å². The van der Waals surface area contributed by atoms with Crippen LogP contribution in [0.2, 0.25) is 0 Å². The number of halogens is 1. The van der Waals surface area contributed by atoms with Crippen LogP contribution in [0.1, 0.15) is 37.6 Å². The van der Waals surface area contributed by atoms with E-state index < -0.39 is 31.3 Å². The van der Waals surface area contributed by atoms with E-state index in [1.165, 1.54) is 12.3 Å². The van der Waals surface area contributed by atoms with Gasteiger partial charge in [-0.2, -0.15) is 0 Å². The fraction of sp³-hybridized carbons (Fsp3) is 0.280. The van der Waals surface area contributed by atoms with E-state index in [-0.39, 0.29) is 26.5 Å². The van der Waals surface area contributed by atoms with E-state index in [4.69, 9.17) is 0 Å². The fourth-order valence-electron chi connectivity index (χ4n) is 5.15. The van der Waals surface area contributed by atoms with Gasteiger partial charge in [-0.3, -0.25) is 4.40 Å². The van der Waals surface area contributed by atoms with E-state index in [9.17, 15) is 16.8 Å². The number of sulfone groups is 1. The van der Waals surface area contributed by atoms with Crippen LogP contribution in [-0.2, 0) is 19.9 Å². The van der Waals surface area contributed by atoms with Crippen LogP contribution in [-0.4, -0.2) is 52.4 Å². The minimum atomic E-state index is -4.02. The molecule has 1 aromatic carbocycles. The number of pyridine rings is 1. The Morgan fingerprint density at radius 1 is 1.08 bits per heavy atom. The number of nitrogens with zero attached hydrogens (tertiary/aromatic N) is 5. The van der Waals surface area contributed by atoms with Crippen LogP contribution < -0.4 is 4.72 Å². The quantitative estimate of drug-likeness (QED) is 0.288. The average Bonchev–Trinajstić information content (AvgIpc) is 3.53. The summed E-state index contributed by atoms with van der Waals surface area (Å²) in [6, 6.07) is 11.2. The molecule has 0 unspecified atom stereocenters. The fourth-order valence-corrected chi connectivity index (χ4v) is 8.26. The number of benzene rings is 1. The molecule has 1 saturated carbocycles. The van der Waals surface area contributed by atoms with E-state index in [0.717, 1.165) is 0 Å². The molecule has 14 heteroatoms. The van der Waals surface area contributed by atoms with E-state index in [0.29, 0.717) is 33.4 Å². The van der Waals surface area contributed by atoms with Crippen LogP contribution in [0.25, 0.3) is 16.8 Å². The van der Waals surface area contributed by atoms with Crippen LogP contribution in [0.15, 0.2) is 74.3 Å². The average molecular weight is 631 g/mol. The number of aromatic nitrogens is 6. The summed E-state index contributed by atoms with van der Waals surface area (Å²) in [6.45, 7) is 5.63. The number of fused-ring (bicyclic) bond motifs is 3. The second kappa shape index (κ2) is 8.91. The Morgan fingerprint density at radius 2 is 1.85 bits per heavy atom. The predicted molar refractivity (Wildman–Crippen MR) is 146 cm³/mol. The van der Waals surface area contributed by atoms with Gasteiger partial charge in [0.1, 0.15) is 5.82 Å². The lowest BCUT2D eigenvalue weighted by atomic mass is 9.58. The molecule has 1 fully saturated rings. The van der Waals surface area contributed by atoms with Crippen molar-refractivity contribution in [2.75, 3.05) is 0 Å². The van der Waals surface area contributed by atoms with Crippen LogP contribution >= 0.6 is 15.9 Å². The number of nitrogens with one attached hydrogen (secondary N) is 2. The predicted octanol–water partition coefficient (Wildman–Crippen LogP) is 3.76. The minimum absolute atomic E-state index is 0.0657. The van der Waals surface area contributed by atoms with E-state index >= 15 is 0 Å². The molecule has 11 nitrogen and oxygen atoms in total. The Hall–Kier alpha value is -3.20. The standard InChI is InChI=1S/C25H24BrN7O4S2/c1-14-6-4-5-7-18(14)38(34,35)24-23-31-30-22(33(23)17-10-11-27-21(17)29-24)16-12-19(25(16,2)3)32-39(36,37)20-9-8-15(26)13-28-20/h4-11,13,16,19,27,32H,12H2,1-3H3/t16-,19-/m1/s1. The second-order valence-corrected chi connectivity index (χ2v) is 14.6. The zero-order valence-electron chi connectivity index (χ0n) is 21.1. The van der Waals surface area contributed by atoms with E-state index in [1.807, 2.05) is 13.8 Å². The molecule has 0 radical (unpaired) electrons. The van der Waals surface area contributed by atoms with Crippen LogP contribution in [0, 0.1) is 12.3 Å². The molecule has 6 rings (SSSR count). The first-order chi connectivity index (χ1) is 18.4. The van der Waals surface area contributed by atoms with Gasteiger partial charge < -0.3 is 4.98 Å². The topological polar surface area (TPSA) is 152 Å². The molecule has 0 aliphatic heterocycles. The van der Waals surface area contributed by atoms with E-state index in [1.54, 1.807) is 53.9 Å². The molecule has 0 spiro atoms. The van der Waals surface area contributed by atoms with Gasteiger partial charge in [-0.1, -0.05) is 32.0 Å². The zero-order chi connectivity index (χ0) is 27.7. The molecule has 1 aliphatic rings. The molecule has 4 heterocycles. The van der Waals surface area contributed by atoms with Crippen molar-refractivity contribution in [2.45, 2.75) is 54.1 Å². The third-order valence-electron chi connectivity index (χ3n) is 7.53. The summed E-state index contributed by atoms with van der Waals surface area (Å²) in [5.74, 6) is 0.327. The lowest BCUT2D eigenvalue weighted by molar-refractivity contribution is 0.0796. The highest BCUT2D eigenvalue weighted by atomic mass is 79.9. The van der Waals surface area contributed by atoms with Gasteiger partial charge >= 0.3 is 0 Å². The van der Waals surface area contributed by atoms with Crippen molar-refractivity contribution in [1.82, 2.24) is 34.3 Å². The summed E-state index contributed by atoms with van der Waals surface area (Å²) < 4.78 is 58.7. The summed E-state index contributed by atoms with van der Waals surface area (Å²) in [4.78, 5) is 11.6. The number of aromatic amines is 1. The third kappa shape index (κ3) is 4.08. The van der Waals surface area contributed by atoms with Gasteiger partial charge in [-0.05, 0) is 64.5 Å². The third-order valence-corrected chi connectivity index (χ3v) is 11.2. The van der Waals surface area contributed by atoms with Gasteiger partial charge in [-0.25, -0.2) is 31.5 Å². The normalized spacial score (nSPS) is 19.4. The second-order valence-electron chi connectivity index (χ2n) is 10.2. The highest BCUT2D eigenvalue weighted by Crippen LogP contribution is 2.52. The van der Waals surface area contributed by atoms with Crippen molar-refractivity contribution in [1.29, 1.82) is 0 Å². The largest absolute Gasteiger partial charge is 0.345 e. The highest BCUT2D eigenvalue weighted by Gasteiger charge is 2.52. The zero-order valence-corrected chi connectivity index (χ0v) is 24.3. The molecule has 39 heavy (non-hydrogen) atoms. The van der Waals surface area contributed by atoms with Gasteiger partial charge in [0, 0.05) is 28.8 Å². The van der Waals surface area contributed by atoms with Crippen LogP contribution in [0.5, 0.6) is 0 Å². The van der Waals surface area contributed by atoms with Crippen LogP contribution in [0.3, 0.4) is 0 Å². The summed E-state index contributed by atoms with van der Waals surface area (Å²) in [5.41, 5.74) is 1.17. The van der Waals surface area contributed by atoms with Crippen molar-refractivity contribution < 1.29 is 16.8 Å². The molecule has 2 N–H and O–H groups in total. The van der Waals surface area contributed by atoms with Gasteiger partial charge in [0.25, 0.3) is 10.0 Å². The number of H-pyrrole nitrogens is 1. The summed E-state index contributed by atoms with van der Waals surface area (Å²) >= 11 is 3.27. The monoisotopic (exact) mass is 629 g/mol. The molecule has 4 aromatic heterocycles. The number of hydrogen-bond donors (Lipinski definition) is 2. The Kier molecular flexibility index (Phi) is 5.95. The SMILES string of the molecule is Cc1ccccc1S(=O)(=O)c1nc2[nH]ccc2n2c([C@H]3C[C@@H](NS(=O)(=O)c4ccc(Br)cn4)C3(C)C)nnc12. The lowest BCUT2D eigenvalue weighted by Gasteiger charge is -2.51. The first-order valence-corrected chi connectivity index (χ1v) is 15.8. The smallest absolute Gasteiger partial charge is 0.258 e. The molecular weight excluding hydrogens is 606 g/mol. The van der Waals surface area contributed by atoms with Gasteiger partial charge in [0.15, 0.2) is 16.3 Å². The maximum atomic E-state index is 13.7. The maximum absolute atomic E-state index is 13.7. The number of aryl methyl sites for hydroxylation is 1. The summed E-state index contributed by atoms with van der Waals surface area (Å²) in [5, 5.41) is 8.47. The molecule has 1 aliphatic carbocycles.